The van der Waals surface area contributed by atoms with Gasteiger partial charge in [0.1, 0.15) is 0 Å². The number of hydrogen-bond acceptors (Lipinski definition) is 3. The van der Waals surface area contributed by atoms with Crippen LogP contribution in [0.2, 0.25) is 0 Å². The average Bonchev–Trinajstić information content (AvgIpc) is 2.57. The summed E-state index contributed by atoms with van der Waals surface area (Å²) >= 11 is 0. The van der Waals surface area contributed by atoms with Gasteiger partial charge in [-0.05, 0) is 19.9 Å². The smallest absolute Gasteiger partial charge is 0.244 e. The van der Waals surface area contributed by atoms with E-state index in [4.69, 9.17) is 0 Å². The molecule has 0 spiro atoms. The van der Waals surface area contributed by atoms with Crippen LogP contribution in [0.15, 0.2) is 18.5 Å². The van der Waals surface area contributed by atoms with Gasteiger partial charge in [-0.1, -0.05) is 0 Å². The molecule has 0 aliphatic rings. The number of carbonyl (C=O) groups excluding carboxylic acids is 1. The van der Waals surface area contributed by atoms with Crippen LogP contribution in [0.3, 0.4) is 0 Å². The molecule has 0 unspecified atom stereocenters. The van der Waals surface area contributed by atoms with Gasteiger partial charge in [0.15, 0.2) is 0 Å². The minimum Gasteiger partial charge on any atom is -0.389 e. The second kappa shape index (κ2) is 4.94. The van der Waals surface area contributed by atoms with Gasteiger partial charge in [0.2, 0.25) is 5.91 Å². The van der Waals surface area contributed by atoms with E-state index in [1.165, 1.54) is 6.08 Å². The number of hydrogen-bond donors (Lipinski definition) is 2. The minimum absolute atomic E-state index is 0.225. The van der Waals surface area contributed by atoms with Gasteiger partial charge in [-0.2, -0.15) is 5.10 Å². The van der Waals surface area contributed by atoms with Crippen LogP contribution in [0.1, 0.15) is 19.4 Å². The van der Waals surface area contributed by atoms with E-state index < -0.39 is 5.60 Å². The van der Waals surface area contributed by atoms with Crippen molar-refractivity contribution in [2.24, 2.45) is 7.05 Å². The van der Waals surface area contributed by atoms with Crippen LogP contribution in [-0.2, 0) is 11.8 Å². The largest absolute Gasteiger partial charge is 0.389 e. The first-order chi connectivity index (χ1) is 7.37. The molecule has 0 atom stereocenters. The summed E-state index contributed by atoms with van der Waals surface area (Å²) in [5.74, 6) is -0.231. The summed E-state index contributed by atoms with van der Waals surface area (Å²) in [6, 6.07) is 0. The predicted octanol–water partition coefficient (Wildman–Crippen LogP) is 0.320. The fourth-order valence-corrected chi connectivity index (χ4v) is 1.06. The molecule has 0 bridgehead atoms. The van der Waals surface area contributed by atoms with Gasteiger partial charge in [0, 0.05) is 31.4 Å². The first-order valence-corrected chi connectivity index (χ1v) is 5.04. The standard InChI is InChI=1S/C11H17N3O2/c1-11(2,16)8-12-10(15)5-4-9-6-13-14(3)7-9/h4-7,16H,8H2,1-3H3,(H,12,15). The van der Waals surface area contributed by atoms with Crippen molar-refractivity contribution in [3.05, 3.63) is 24.0 Å². The second-order valence-electron chi connectivity index (χ2n) is 4.31. The first-order valence-electron chi connectivity index (χ1n) is 5.04. The molecule has 5 nitrogen and oxygen atoms in total. The molecule has 0 saturated carbocycles. The number of aliphatic hydroxyl groups is 1. The van der Waals surface area contributed by atoms with Crippen LogP contribution in [0.5, 0.6) is 0 Å². The van der Waals surface area contributed by atoms with Crippen LogP contribution in [0.25, 0.3) is 6.08 Å². The molecule has 0 aromatic carbocycles. The molecule has 1 amide bonds. The molecule has 0 fully saturated rings. The van der Waals surface area contributed by atoms with Crippen molar-refractivity contribution in [3.8, 4) is 0 Å². The van der Waals surface area contributed by atoms with Crippen LogP contribution in [0.4, 0.5) is 0 Å². The topological polar surface area (TPSA) is 67.2 Å². The van der Waals surface area contributed by atoms with Gasteiger partial charge in [0.25, 0.3) is 0 Å². The maximum absolute atomic E-state index is 11.3. The number of aromatic nitrogens is 2. The normalized spacial score (nSPS) is 12.0. The van der Waals surface area contributed by atoms with Crippen molar-refractivity contribution in [3.63, 3.8) is 0 Å². The van der Waals surface area contributed by atoms with Crippen LogP contribution < -0.4 is 5.32 Å². The van der Waals surface area contributed by atoms with Crippen molar-refractivity contribution in [1.82, 2.24) is 15.1 Å². The molecule has 2 N–H and O–H groups in total. The molecule has 0 aliphatic carbocycles. The molecule has 1 aromatic rings. The highest BCUT2D eigenvalue weighted by Gasteiger charge is 2.12. The Kier molecular flexibility index (Phi) is 3.84. The van der Waals surface area contributed by atoms with E-state index in [9.17, 15) is 9.90 Å². The molecule has 5 heteroatoms. The van der Waals surface area contributed by atoms with E-state index >= 15 is 0 Å². The molecular formula is C11H17N3O2. The Hall–Kier alpha value is -1.62. The zero-order chi connectivity index (χ0) is 12.2. The molecular weight excluding hydrogens is 206 g/mol. The lowest BCUT2D eigenvalue weighted by Gasteiger charge is -2.16. The maximum Gasteiger partial charge on any atom is 0.244 e. The van der Waals surface area contributed by atoms with Gasteiger partial charge in [0.05, 0.1) is 11.8 Å². The van der Waals surface area contributed by atoms with Crippen molar-refractivity contribution >= 4 is 12.0 Å². The van der Waals surface area contributed by atoms with Gasteiger partial charge in [-0.15, -0.1) is 0 Å². The number of nitrogens with one attached hydrogen (secondary N) is 1. The van der Waals surface area contributed by atoms with Gasteiger partial charge >= 0.3 is 0 Å². The third-order valence-electron chi connectivity index (χ3n) is 1.85. The average molecular weight is 223 g/mol. The van der Waals surface area contributed by atoms with E-state index in [1.807, 2.05) is 7.05 Å². The highest BCUT2D eigenvalue weighted by Crippen LogP contribution is 2.00. The Labute approximate surface area is 94.8 Å². The van der Waals surface area contributed by atoms with E-state index in [2.05, 4.69) is 10.4 Å². The fraction of sp³-hybridized carbons (Fsp3) is 0.455. The Morgan fingerprint density at radius 2 is 2.38 bits per heavy atom. The van der Waals surface area contributed by atoms with Crippen molar-refractivity contribution < 1.29 is 9.90 Å². The molecule has 0 radical (unpaired) electrons. The summed E-state index contributed by atoms with van der Waals surface area (Å²) in [4.78, 5) is 11.3. The summed E-state index contributed by atoms with van der Waals surface area (Å²) < 4.78 is 1.66. The fourth-order valence-electron chi connectivity index (χ4n) is 1.06. The van der Waals surface area contributed by atoms with Gasteiger partial charge in [-0.25, -0.2) is 0 Å². The summed E-state index contributed by atoms with van der Waals surface area (Å²) in [6.45, 7) is 3.50. The molecule has 1 aromatic heterocycles. The highest BCUT2D eigenvalue weighted by atomic mass is 16.3. The quantitative estimate of drug-likeness (QED) is 0.722. The van der Waals surface area contributed by atoms with Gasteiger partial charge < -0.3 is 10.4 Å². The highest BCUT2D eigenvalue weighted by molar-refractivity contribution is 5.91. The summed E-state index contributed by atoms with van der Waals surface area (Å²) in [6.07, 6.45) is 6.56. The van der Waals surface area contributed by atoms with Gasteiger partial charge in [-0.3, -0.25) is 9.48 Å². The Morgan fingerprint density at radius 3 is 2.88 bits per heavy atom. The number of aryl methyl sites for hydroxylation is 1. The molecule has 0 saturated heterocycles. The number of nitrogens with zero attached hydrogens (tertiary/aromatic N) is 2. The lowest BCUT2D eigenvalue weighted by Crippen LogP contribution is -2.37. The lowest BCUT2D eigenvalue weighted by molar-refractivity contribution is -0.117. The molecule has 0 aliphatic heterocycles. The Morgan fingerprint density at radius 1 is 1.69 bits per heavy atom. The third kappa shape index (κ3) is 4.75. The van der Waals surface area contributed by atoms with E-state index in [1.54, 1.807) is 37.0 Å². The first kappa shape index (κ1) is 12.4. The van der Waals surface area contributed by atoms with Crippen molar-refractivity contribution in [2.45, 2.75) is 19.4 Å². The van der Waals surface area contributed by atoms with E-state index in [-0.39, 0.29) is 12.5 Å². The molecule has 88 valence electrons. The number of rotatable bonds is 4. The number of amides is 1. The Bertz CT molecular complexity index is 388. The molecule has 1 rings (SSSR count). The molecule has 16 heavy (non-hydrogen) atoms. The van der Waals surface area contributed by atoms with Crippen molar-refractivity contribution in [2.75, 3.05) is 6.54 Å². The van der Waals surface area contributed by atoms with E-state index in [0.717, 1.165) is 5.56 Å². The molecule has 1 heterocycles. The Balaban J connectivity index is 2.43. The summed E-state index contributed by atoms with van der Waals surface area (Å²) in [5, 5.41) is 16.0. The van der Waals surface area contributed by atoms with E-state index in [0.29, 0.717) is 0 Å². The zero-order valence-corrected chi connectivity index (χ0v) is 9.77. The van der Waals surface area contributed by atoms with Crippen molar-refractivity contribution in [1.29, 1.82) is 0 Å². The number of carbonyl (C=O) groups is 1. The summed E-state index contributed by atoms with van der Waals surface area (Å²) in [5.41, 5.74) is -0.0291. The minimum atomic E-state index is -0.891. The maximum atomic E-state index is 11.3. The lowest BCUT2D eigenvalue weighted by atomic mass is 10.1. The SMILES string of the molecule is Cn1cc(C=CC(=O)NCC(C)(C)O)cn1. The monoisotopic (exact) mass is 223 g/mol. The van der Waals surface area contributed by atoms with Crippen LogP contribution >= 0.6 is 0 Å². The van der Waals surface area contributed by atoms with Crippen LogP contribution in [0, 0.1) is 0 Å². The second-order valence-corrected chi connectivity index (χ2v) is 4.31. The third-order valence-corrected chi connectivity index (χ3v) is 1.85. The summed E-state index contributed by atoms with van der Waals surface area (Å²) in [7, 11) is 1.81. The predicted molar refractivity (Wildman–Crippen MR) is 61.5 cm³/mol. The van der Waals surface area contributed by atoms with Crippen LogP contribution in [-0.4, -0.2) is 32.9 Å². The zero-order valence-electron chi connectivity index (χ0n) is 9.77.